The van der Waals surface area contributed by atoms with Crippen molar-refractivity contribution in [3.8, 4) is 0 Å². The van der Waals surface area contributed by atoms with Gasteiger partial charge in [0.1, 0.15) is 11.3 Å². The molecule has 0 amide bonds. The van der Waals surface area contributed by atoms with Crippen molar-refractivity contribution in [1.82, 2.24) is 5.32 Å². The van der Waals surface area contributed by atoms with E-state index in [2.05, 4.69) is 5.32 Å². The van der Waals surface area contributed by atoms with Crippen LogP contribution in [0.5, 0.6) is 0 Å². The van der Waals surface area contributed by atoms with E-state index >= 15 is 0 Å². The van der Waals surface area contributed by atoms with Crippen molar-refractivity contribution < 1.29 is 17.6 Å². The van der Waals surface area contributed by atoms with Gasteiger partial charge in [0.2, 0.25) is 0 Å². The zero-order chi connectivity index (χ0) is 13.9. The highest BCUT2D eigenvalue weighted by Crippen LogP contribution is 2.29. The highest BCUT2D eigenvalue weighted by Gasteiger charge is 2.27. The number of halogens is 3. The molecule has 0 bridgehead atoms. The lowest BCUT2D eigenvalue weighted by Crippen LogP contribution is -2.18. The highest BCUT2D eigenvalue weighted by molar-refractivity contribution is 8.00. The van der Waals surface area contributed by atoms with Crippen LogP contribution in [-0.2, 0) is 6.54 Å². The Morgan fingerprint density at radius 2 is 2.00 bits per heavy atom. The third-order valence-electron chi connectivity index (χ3n) is 2.75. The Hall–Kier alpha value is -1.14. The van der Waals surface area contributed by atoms with E-state index in [4.69, 9.17) is 4.42 Å². The van der Waals surface area contributed by atoms with Crippen molar-refractivity contribution in [2.45, 2.75) is 19.0 Å². The summed E-state index contributed by atoms with van der Waals surface area (Å²) in [5.41, 5.74) is -2.34. The Morgan fingerprint density at radius 1 is 1.26 bits per heavy atom. The number of nitrogens with one attached hydrogen (secondary N) is 1. The highest BCUT2D eigenvalue weighted by atomic mass is 32.2. The number of hydrogen-bond acceptors (Lipinski definition) is 3. The van der Waals surface area contributed by atoms with Crippen molar-refractivity contribution >= 4 is 22.7 Å². The molecule has 0 aliphatic rings. The van der Waals surface area contributed by atoms with E-state index in [1.54, 1.807) is 0 Å². The molecular weight excluding hydrogens is 275 g/mol. The summed E-state index contributed by atoms with van der Waals surface area (Å²) in [6.07, 6.45) is 0. The maximum Gasteiger partial charge on any atom is 0.441 e. The lowest BCUT2D eigenvalue weighted by molar-refractivity contribution is -0.0327. The molecule has 0 atom stereocenters. The summed E-state index contributed by atoms with van der Waals surface area (Å²) in [5, 5.41) is 4.02. The van der Waals surface area contributed by atoms with Crippen molar-refractivity contribution in [1.29, 1.82) is 0 Å². The van der Waals surface area contributed by atoms with E-state index < -0.39 is 5.51 Å². The Labute approximate surface area is 113 Å². The van der Waals surface area contributed by atoms with Crippen LogP contribution in [0.3, 0.4) is 0 Å². The van der Waals surface area contributed by atoms with Gasteiger partial charge in [-0.25, -0.2) is 0 Å². The van der Waals surface area contributed by atoms with Gasteiger partial charge in [-0.3, -0.25) is 0 Å². The molecule has 0 saturated heterocycles. The van der Waals surface area contributed by atoms with Gasteiger partial charge < -0.3 is 9.73 Å². The van der Waals surface area contributed by atoms with Crippen molar-refractivity contribution in [3.05, 3.63) is 35.6 Å². The summed E-state index contributed by atoms with van der Waals surface area (Å²) in [6, 6.07) is 7.64. The van der Waals surface area contributed by atoms with Crippen LogP contribution in [0.1, 0.15) is 11.3 Å². The summed E-state index contributed by atoms with van der Waals surface area (Å²) >= 11 is -0.00735. The van der Waals surface area contributed by atoms with Crippen LogP contribution in [0.4, 0.5) is 13.2 Å². The lowest BCUT2D eigenvalue weighted by atomic mass is 10.1. The molecule has 0 fully saturated rings. The van der Waals surface area contributed by atoms with Gasteiger partial charge >= 0.3 is 5.51 Å². The Bertz CT molecular complexity index is 550. The molecule has 1 N–H and O–H groups in total. The van der Waals surface area contributed by atoms with Gasteiger partial charge in [-0.05, 0) is 24.8 Å². The molecular formula is C13H14F3NOS. The first-order valence-electron chi connectivity index (χ1n) is 5.86. The largest absolute Gasteiger partial charge is 0.461 e. The maximum absolute atomic E-state index is 11.9. The molecule has 0 aliphatic heterocycles. The van der Waals surface area contributed by atoms with E-state index in [-0.39, 0.29) is 17.5 Å². The molecule has 0 aliphatic carbocycles. The van der Waals surface area contributed by atoms with Crippen LogP contribution in [0, 0.1) is 6.92 Å². The average molecular weight is 289 g/mol. The number of para-hydroxylation sites is 1. The molecule has 19 heavy (non-hydrogen) atoms. The minimum Gasteiger partial charge on any atom is -0.461 e. The van der Waals surface area contributed by atoms with E-state index in [1.165, 1.54) is 0 Å². The predicted octanol–water partition coefficient (Wildman–Crippen LogP) is 4.08. The van der Waals surface area contributed by atoms with Crippen molar-refractivity contribution in [2.75, 3.05) is 12.3 Å². The molecule has 2 nitrogen and oxygen atoms in total. The van der Waals surface area contributed by atoms with Gasteiger partial charge in [0.05, 0.1) is 0 Å². The third-order valence-corrected chi connectivity index (χ3v) is 3.48. The van der Waals surface area contributed by atoms with Crippen molar-refractivity contribution in [2.24, 2.45) is 0 Å². The molecule has 6 heteroatoms. The SMILES string of the molecule is Cc1oc2ccccc2c1CNCCSC(F)(F)F. The number of hydrogen-bond donors (Lipinski definition) is 1. The van der Waals surface area contributed by atoms with Gasteiger partial charge in [-0.2, -0.15) is 13.2 Å². The molecule has 1 heterocycles. The number of aryl methyl sites for hydroxylation is 1. The molecule has 1 aromatic heterocycles. The van der Waals surface area contributed by atoms with Crippen LogP contribution in [-0.4, -0.2) is 17.8 Å². The fourth-order valence-corrected chi connectivity index (χ4v) is 2.37. The molecule has 0 unspecified atom stereocenters. The molecule has 2 aromatic rings. The van der Waals surface area contributed by atoms with Gasteiger partial charge in [0, 0.05) is 29.8 Å². The number of fused-ring (bicyclic) bond motifs is 1. The van der Waals surface area contributed by atoms with Crippen molar-refractivity contribution in [3.63, 3.8) is 0 Å². The first-order chi connectivity index (χ1) is 8.97. The smallest absolute Gasteiger partial charge is 0.441 e. The minimum absolute atomic E-state index is 0.00735. The normalized spacial score (nSPS) is 12.2. The molecule has 0 spiro atoms. The van der Waals surface area contributed by atoms with Gasteiger partial charge in [0.25, 0.3) is 0 Å². The van der Waals surface area contributed by atoms with E-state index in [1.807, 2.05) is 31.2 Å². The molecule has 2 rings (SSSR count). The predicted molar refractivity (Wildman–Crippen MR) is 71.2 cm³/mol. The Morgan fingerprint density at radius 3 is 2.74 bits per heavy atom. The third kappa shape index (κ3) is 3.91. The second-order valence-electron chi connectivity index (χ2n) is 4.10. The fraction of sp³-hybridized carbons (Fsp3) is 0.385. The number of benzene rings is 1. The maximum atomic E-state index is 11.9. The quantitative estimate of drug-likeness (QED) is 0.839. The number of furan rings is 1. The second-order valence-corrected chi connectivity index (χ2v) is 5.26. The standard InChI is InChI=1S/C13H14F3NOS/c1-9-11(8-17-6-7-19-13(14,15)16)10-4-2-3-5-12(10)18-9/h2-5,17H,6-8H2,1H3. The van der Waals surface area contributed by atoms with Gasteiger partial charge in [0.15, 0.2) is 0 Å². The summed E-state index contributed by atoms with van der Waals surface area (Å²) in [5.74, 6) is 0.815. The average Bonchev–Trinajstić information content (AvgIpc) is 2.64. The fourth-order valence-electron chi connectivity index (χ4n) is 1.89. The van der Waals surface area contributed by atoms with E-state index in [0.29, 0.717) is 13.1 Å². The topological polar surface area (TPSA) is 25.2 Å². The summed E-state index contributed by atoms with van der Waals surface area (Å²) in [7, 11) is 0. The lowest BCUT2D eigenvalue weighted by Gasteiger charge is -2.06. The zero-order valence-corrected chi connectivity index (χ0v) is 11.2. The molecule has 1 aromatic carbocycles. The Kier molecular flexibility index (Phi) is 4.42. The number of thioether (sulfide) groups is 1. The van der Waals surface area contributed by atoms with Crippen LogP contribution >= 0.6 is 11.8 Å². The van der Waals surface area contributed by atoms with Crippen LogP contribution in [0.15, 0.2) is 28.7 Å². The van der Waals surface area contributed by atoms with Crippen LogP contribution in [0.2, 0.25) is 0 Å². The first-order valence-corrected chi connectivity index (χ1v) is 6.84. The molecule has 0 radical (unpaired) electrons. The summed E-state index contributed by atoms with van der Waals surface area (Å²) in [6.45, 7) is 2.69. The second kappa shape index (κ2) is 5.88. The monoisotopic (exact) mass is 289 g/mol. The minimum atomic E-state index is -4.15. The number of alkyl halides is 3. The van der Waals surface area contributed by atoms with E-state index in [0.717, 1.165) is 22.3 Å². The van der Waals surface area contributed by atoms with Gasteiger partial charge in [-0.15, -0.1) is 0 Å². The molecule has 104 valence electrons. The van der Waals surface area contributed by atoms with Crippen LogP contribution in [0.25, 0.3) is 11.0 Å². The zero-order valence-electron chi connectivity index (χ0n) is 10.4. The summed E-state index contributed by atoms with van der Waals surface area (Å²) < 4.78 is 41.4. The van der Waals surface area contributed by atoms with E-state index in [9.17, 15) is 13.2 Å². The Balaban J connectivity index is 1.90. The van der Waals surface area contributed by atoms with Gasteiger partial charge in [-0.1, -0.05) is 18.2 Å². The first kappa shape index (κ1) is 14.3. The van der Waals surface area contributed by atoms with Crippen LogP contribution < -0.4 is 5.32 Å². The number of rotatable bonds is 5. The molecule has 0 saturated carbocycles. The summed E-state index contributed by atoms with van der Waals surface area (Å²) in [4.78, 5) is 0.